The summed E-state index contributed by atoms with van der Waals surface area (Å²) in [4.78, 5) is 16.6. The molecular formula is C16H25N5O. The van der Waals surface area contributed by atoms with Crippen LogP contribution in [0.4, 0.5) is 5.82 Å². The molecule has 1 aliphatic rings. The van der Waals surface area contributed by atoms with Gasteiger partial charge in [0.25, 0.3) is 0 Å². The highest BCUT2D eigenvalue weighted by atomic mass is 16.2. The second kappa shape index (κ2) is 8.81. The lowest BCUT2D eigenvalue weighted by Gasteiger charge is -2.10. The van der Waals surface area contributed by atoms with Gasteiger partial charge in [0, 0.05) is 25.0 Å². The van der Waals surface area contributed by atoms with E-state index in [1.54, 1.807) is 6.20 Å². The molecule has 0 spiro atoms. The molecule has 0 unspecified atom stereocenters. The Hall–Kier alpha value is -2.37. The number of hydrogen-bond acceptors (Lipinski definition) is 4. The summed E-state index contributed by atoms with van der Waals surface area (Å²) < 4.78 is 0. The number of hydrogen-bond donors (Lipinski definition) is 2. The fourth-order valence-electron chi connectivity index (χ4n) is 2.21. The third kappa shape index (κ3) is 4.31. The molecule has 0 saturated carbocycles. The van der Waals surface area contributed by atoms with Crippen molar-refractivity contribution in [2.75, 3.05) is 18.8 Å². The average Bonchev–Trinajstić information content (AvgIpc) is 3.20. The SMILES string of the molecule is C=CC(=O)N1CCCC1.CC.Cc1[nH]nc2ccnc(N)c12. The Morgan fingerprint density at radius 1 is 1.41 bits per heavy atom. The fourth-order valence-corrected chi connectivity index (χ4v) is 2.21. The maximum atomic E-state index is 10.8. The Morgan fingerprint density at radius 2 is 2.05 bits per heavy atom. The van der Waals surface area contributed by atoms with Gasteiger partial charge < -0.3 is 10.6 Å². The molecule has 120 valence electrons. The van der Waals surface area contributed by atoms with Gasteiger partial charge in [-0.1, -0.05) is 20.4 Å². The van der Waals surface area contributed by atoms with Crippen LogP contribution in [0.5, 0.6) is 0 Å². The molecule has 2 aromatic rings. The first kappa shape index (κ1) is 17.7. The van der Waals surface area contributed by atoms with Crippen LogP contribution in [0.15, 0.2) is 24.9 Å². The quantitative estimate of drug-likeness (QED) is 0.793. The van der Waals surface area contributed by atoms with Gasteiger partial charge in [0.2, 0.25) is 5.91 Å². The van der Waals surface area contributed by atoms with Crippen molar-refractivity contribution in [2.45, 2.75) is 33.6 Å². The minimum absolute atomic E-state index is 0.0764. The van der Waals surface area contributed by atoms with E-state index >= 15 is 0 Å². The zero-order chi connectivity index (χ0) is 16.5. The second-order valence-electron chi connectivity index (χ2n) is 4.68. The summed E-state index contributed by atoms with van der Waals surface area (Å²) in [5.41, 5.74) is 7.46. The Morgan fingerprint density at radius 3 is 2.59 bits per heavy atom. The number of carbonyl (C=O) groups excluding carboxylic acids is 1. The molecule has 1 saturated heterocycles. The Kier molecular flexibility index (Phi) is 7.08. The maximum absolute atomic E-state index is 10.8. The summed E-state index contributed by atoms with van der Waals surface area (Å²) in [6.45, 7) is 11.2. The minimum Gasteiger partial charge on any atom is -0.383 e. The van der Waals surface area contributed by atoms with E-state index < -0.39 is 0 Å². The van der Waals surface area contributed by atoms with Crippen molar-refractivity contribution < 1.29 is 4.79 Å². The van der Waals surface area contributed by atoms with Crippen molar-refractivity contribution >= 4 is 22.6 Å². The zero-order valence-electron chi connectivity index (χ0n) is 13.6. The van der Waals surface area contributed by atoms with E-state index in [1.165, 1.54) is 6.08 Å². The number of nitrogens with one attached hydrogen (secondary N) is 1. The number of H-pyrrole nitrogens is 1. The lowest BCUT2D eigenvalue weighted by molar-refractivity contribution is -0.124. The molecule has 3 N–H and O–H groups in total. The summed E-state index contributed by atoms with van der Waals surface area (Å²) in [7, 11) is 0. The lowest BCUT2D eigenvalue weighted by atomic mass is 10.2. The van der Waals surface area contributed by atoms with Gasteiger partial charge >= 0.3 is 0 Å². The van der Waals surface area contributed by atoms with E-state index in [9.17, 15) is 4.79 Å². The molecule has 1 fully saturated rings. The van der Waals surface area contributed by atoms with Crippen LogP contribution in [0, 0.1) is 6.92 Å². The number of nitrogens with two attached hydrogens (primary N) is 1. The van der Waals surface area contributed by atoms with Gasteiger partial charge in [0.1, 0.15) is 5.82 Å². The van der Waals surface area contributed by atoms with Crippen LogP contribution in [-0.2, 0) is 4.79 Å². The molecule has 0 aliphatic carbocycles. The first-order chi connectivity index (χ1) is 10.6. The summed E-state index contributed by atoms with van der Waals surface area (Å²) >= 11 is 0. The number of anilines is 1. The molecule has 0 bridgehead atoms. The van der Waals surface area contributed by atoms with E-state index in [0.29, 0.717) is 5.82 Å². The first-order valence-corrected chi connectivity index (χ1v) is 7.60. The van der Waals surface area contributed by atoms with Crippen LogP contribution < -0.4 is 5.73 Å². The normalized spacial score (nSPS) is 13.0. The van der Waals surface area contributed by atoms with Gasteiger partial charge in [-0.3, -0.25) is 9.89 Å². The van der Waals surface area contributed by atoms with Crippen LogP contribution >= 0.6 is 0 Å². The molecule has 6 heteroatoms. The molecule has 22 heavy (non-hydrogen) atoms. The van der Waals surface area contributed by atoms with Gasteiger partial charge in [-0.25, -0.2) is 4.98 Å². The summed E-state index contributed by atoms with van der Waals surface area (Å²) in [6.07, 6.45) is 5.34. The molecule has 0 atom stereocenters. The van der Waals surface area contributed by atoms with Crippen LogP contribution in [-0.4, -0.2) is 39.1 Å². The Labute approximate surface area is 131 Å². The highest BCUT2D eigenvalue weighted by molar-refractivity contribution is 5.90. The number of nitrogen functional groups attached to an aromatic ring is 1. The van der Waals surface area contributed by atoms with Crippen molar-refractivity contribution in [2.24, 2.45) is 0 Å². The number of rotatable bonds is 1. The maximum Gasteiger partial charge on any atom is 0.245 e. The summed E-state index contributed by atoms with van der Waals surface area (Å²) in [5.74, 6) is 0.612. The van der Waals surface area contributed by atoms with Crippen molar-refractivity contribution in [1.82, 2.24) is 20.1 Å². The highest BCUT2D eigenvalue weighted by Crippen LogP contribution is 2.18. The van der Waals surface area contributed by atoms with E-state index in [4.69, 9.17) is 5.73 Å². The van der Waals surface area contributed by atoms with E-state index in [0.717, 1.165) is 42.5 Å². The highest BCUT2D eigenvalue weighted by Gasteiger charge is 2.13. The molecule has 3 rings (SSSR count). The largest absolute Gasteiger partial charge is 0.383 e. The van der Waals surface area contributed by atoms with Gasteiger partial charge in [-0.2, -0.15) is 5.10 Å². The van der Waals surface area contributed by atoms with E-state index in [1.807, 2.05) is 31.7 Å². The first-order valence-electron chi connectivity index (χ1n) is 7.60. The van der Waals surface area contributed by atoms with E-state index in [2.05, 4.69) is 21.8 Å². The Balaban J connectivity index is 0.000000202. The monoisotopic (exact) mass is 303 g/mol. The number of aromatic nitrogens is 3. The lowest BCUT2D eigenvalue weighted by Crippen LogP contribution is -2.25. The minimum atomic E-state index is 0.0764. The average molecular weight is 303 g/mol. The zero-order valence-corrected chi connectivity index (χ0v) is 13.6. The number of likely N-dealkylation sites (tertiary alicyclic amines) is 1. The van der Waals surface area contributed by atoms with Crippen LogP contribution in [0.3, 0.4) is 0 Å². The van der Waals surface area contributed by atoms with Crippen LogP contribution in [0.25, 0.3) is 10.9 Å². The number of amides is 1. The topological polar surface area (TPSA) is 87.9 Å². The number of aryl methyl sites for hydroxylation is 1. The second-order valence-corrected chi connectivity index (χ2v) is 4.68. The predicted molar refractivity (Wildman–Crippen MR) is 90.4 cm³/mol. The fraction of sp³-hybridized carbons (Fsp3) is 0.438. The third-order valence-electron chi connectivity index (χ3n) is 3.27. The van der Waals surface area contributed by atoms with Crippen molar-refractivity contribution in [3.8, 4) is 0 Å². The van der Waals surface area contributed by atoms with Gasteiger partial charge in [0.15, 0.2) is 0 Å². The van der Waals surface area contributed by atoms with Crippen molar-refractivity contribution in [3.05, 3.63) is 30.6 Å². The summed E-state index contributed by atoms with van der Waals surface area (Å²) in [6, 6.07) is 1.83. The molecule has 6 nitrogen and oxygen atoms in total. The molecule has 1 amide bonds. The molecule has 2 aromatic heterocycles. The smallest absolute Gasteiger partial charge is 0.245 e. The summed E-state index contributed by atoms with van der Waals surface area (Å²) in [5, 5.41) is 7.81. The van der Waals surface area contributed by atoms with Crippen LogP contribution in [0.1, 0.15) is 32.4 Å². The molecule has 0 radical (unpaired) electrons. The number of carbonyl (C=O) groups is 1. The number of fused-ring (bicyclic) bond motifs is 1. The number of nitrogens with zero attached hydrogens (tertiary/aromatic N) is 3. The van der Waals surface area contributed by atoms with Crippen molar-refractivity contribution in [1.29, 1.82) is 0 Å². The van der Waals surface area contributed by atoms with Gasteiger partial charge in [0.05, 0.1) is 10.9 Å². The predicted octanol–water partition coefficient (Wildman–Crippen LogP) is 2.67. The molecule has 0 aromatic carbocycles. The van der Waals surface area contributed by atoms with E-state index in [-0.39, 0.29) is 5.91 Å². The van der Waals surface area contributed by atoms with Gasteiger partial charge in [-0.15, -0.1) is 0 Å². The van der Waals surface area contributed by atoms with Gasteiger partial charge in [-0.05, 0) is 31.9 Å². The molecular weight excluding hydrogens is 278 g/mol. The number of pyridine rings is 1. The molecule has 1 aliphatic heterocycles. The standard InChI is InChI=1S/C7H8N4.C7H11NO.C2H6/c1-4-6-5(11-10-4)2-3-9-7(6)8;1-2-7(9)8-5-3-4-6-8;1-2/h2-3H,1H3,(H2,8,9)(H,10,11);2H,1,3-6H2;1-2H3. The molecule has 3 heterocycles. The van der Waals surface area contributed by atoms with Crippen molar-refractivity contribution in [3.63, 3.8) is 0 Å². The van der Waals surface area contributed by atoms with Crippen LogP contribution in [0.2, 0.25) is 0 Å². The Bertz CT molecular complexity index is 614. The number of aromatic amines is 1. The third-order valence-corrected chi connectivity index (χ3v) is 3.27.